The fourth-order valence-electron chi connectivity index (χ4n) is 2.88. The van der Waals surface area contributed by atoms with Crippen molar-refractivity contribution in [3.8, 4) is 0 Å². The number of aliphatic imine (C=N–C) groups is 1. The van der Waals surface area contributed by atoms with E-state index in [-0.39, 0.29) is 6.04 Å². The van der Waals surface area contributed by atoms with Crippen LogP contribution in [0.1, 0.15) is 25.5 Å². The molecule has 0 radical (unpaired) electrons. The molecule has 1 aliphatic heterocycles. The molecule has 1 aromatic carbocycles. The molecule has 2 N–H and O–H groups in total. The summed E-state index contributed by atoms with van der Waals surface area (Å²) >= 11 is 6.10. The summed E-state index contributed by atoms with van der Waals surface area (Å²) in [5.74, 6) is 0.853. The Balaban J connectivity index is 1.99. The van der Waals surface area contributed by atoms with Gasteiger partial charge in [-0.1, -0.05) is 23.7 Å². The number of nitrogens with one attached hydrogen (secondary N) is 2. The van der Waals surface area contributed by atoms with Crippen LogP contribution in [0.15, 0.2) is 29.3 Å². The van der Waals surface area contributed by atoms with Crippen molar-refractivity contribution in [2.75, 3.05) is 46.8 Å². The summed E-state index contributed by atoms with van der Waals surface area (Å²) in [7, 11) is 4.36. The molecule has 1 aliphatic rings. The highest BCUT2D eigenvalue weighted by molar-refractivity contribution is 6.30. The van der Waals surface area contributed by atoms with E-state index in [1.165, 1.54) is 0 Å². The van der Waals surface area contributed by atoms with Gasteiger partial charge >= 0.3 is 0 Å². The lowest BCUT2D eigenvalue weighted by Crippen LogP contribution is -2.51. The van der Waals surface area contributed by atoms with Crippen molar-refractivity contribution in [1.29, 1.82) is 0 Å². The smallest absolute Gasteiger partial charge is 0.191 e. The van der Waals surface area contributed by atoms with Gasteiger partial charge in [0.15, 0.2) is 5.96 Å². The number of guanidine groups is 1. The van der Waals surface area contributed by atoms with Crippen molar-refractivity contribution in [1.82, 2.24) is 20.4 Å². The van der Waals surface area contributed by atoms with Crippen LogP contribution in [0.5, 0.6) is 0 Å². The molecular formula is C18H30ClN5. The van der Waals surface area contributed by atoms with Crippen molar-refractivity contribution < 1.29 is 0 Å². The van der Waals surface area contributed by atoms with Gasteiger partial charge in [-0.3, -0.25) is 9.89 Å². The summed E-state index contributed by atoms with van der Waals surface area (Å²) in [6.45, 7) is 9.12. The first-order valence-corrected chi connectivity index (χ1v) is 9.06. The number of hydrogen-bond acceptors (Lipinski definition) is 3. The maximum atomic E-state index is 6.10. The summed E-state index contributed by atoms with van der Waals surface area (Å²) in [5, 5.41) is 7.57. The monoisotopic (exact) mass is 351 g/mol. The fraction of sp³-hybridized carbons (Fsp3) is 0.611. The van der Waals surface area contributed by atoms with Gasteiger partial charge < -0.3 is 15.5 Å². The van der Waals surface area contributed by atoms with Gasteiger partial charge in [0, 0.05) is 37.2 Å². The predicted molar refractivity (Wildman–Crippen MR) is 103 cm³/mol. The summed E-state index contributed by atoms with van der Waals surface area (Å²) < 4.78 is 0. The Morgan fingerprint density at radius 2 is 2.17 bits per heavy atom. The van der Waals surface area contributed by atoms with Crippen LogP contribution in [0, 0.1) is 0 Å². The van der Waals surface area contributed by atoms with E-state index in [4.69, 9.17) is 16.6 Å². The van der Waals surface area contributed by atoms with Gasteiger partial charge in [0.1, 0.15) is 0 Å². The van der Waals surface area contributed by atoms with Crippen molar-refractivity contribution in [3.05, 3.63) is 34.9 Å². The molecule has 1 fully saturated rings. The normalized spacial score (nSPS) is 21.5. The first kappa shape index (κ1) is 19.0. The van der Waals surface area contributed by atoms with Crippen LogP contribution < -0.4 is 10.6 Å². The number of halogens is 1. The molecule has 2 unspecified atom stereocenters. The molecule has 0 aromatic heterocycles. The molecule has 0 spiro atoms. The molecule has 0 aliphatic carbocycles. The average Bonchev–Trinajstić information content (AvgIpc) is 2.55. The molecule has 1 aromatic rings. The molecule has 6 heteroatoms. The van der Waals surface area contributed by atoms with Crippen LogP contribution in [0.4, 0.5) is 0 Å². The van der Waals surface area contributed by atoms with Gasteiger partial charge in [-0.15, -0.1) is 0 Å². The first-order valence-electron chi connectivity index (χ1n) is 8.68. The van der Waals surface area contributed by atoms with E-state index in [1.54, 1.807) is 0 Å². The average molecular weight is 352 g/mol. The van der Waals surface area contributed by atoms with Crippen LogP contribution >= 0.6 is 11.6 Å². The maximum absolute atomic E-state index is 6.10. The largest absolute Gasteiger partial charge is 0.357 e. The third-order valence-corrected chi connectivity index (χ3v) is 4.72. The van der Waals surface area contributed by atoms with Crippen LogP contribution in [0.3, 0.4) is 0 Å². The third kappa shape index (κ3) is 5.65. The molecule has 0 bridgehead atoms. The highest BCUT2D eigenvalue weighted by Gasteiger charge is 2.21. The standard InChI is InChI=1S/C18H30ClN5/c1-5-20-18(21-12-17-13-23(3)9-10-24(17)4)22-14(2)15-7-6-8-16(19)11-15/h6-8,11,14,17H,5,9-10,12-13H2,1-4H3,(H2,20,21,22). The van der Waals surface area contributed by atoms with E-state index < -0.39 is 0 Å². The molecule has 1 heterocycles. The van der Waals surface area contributed by atoms with Crippen LogP contribution in [-0.2, 0) is 0 Å². The van der Waals surface area contributed by atoms with Gasteiger partial charge in [-0.05, 0) is 45.6 Å². The van der Waals surface area contributed by atoms with Crippen molar-refractivity contribution >= 4 is 17.6 Å². The van der Waals surface area contributed by atoms with Gasteiger partial charge in [-0.25, -0.2) is 0 Å². The molecule has 5 nitrogen and oxygen atoms in total. The molecule has 0 saturated carbocycles. The molecule has 2 rings (SSSR count). The first-order chi connectivity index (χ1) is 11.5. The summed E-state index contributed by atoms with van der Waals surface area (Å²) in [5.41, 5.74) is 1.16. The SMILES string of the molecule is CCNC(=NCC1CN(C)CCN1C)NC(C)c1cccc(Cl)c1. The predicted octanol–water partition coefficient (Wildman–Crippen LogP) is 2.20. The summed E-state index contributed by atoms with van der Waals surface area (Å²) in [6.07, 6.45) is 0. The van der Waals surface area contributed by atoms with Crippen LogP contribution in [0.2, 0.25) is 5.02 Å². The summed E-state index contributed by atoms with van der Waals surface area (Å²) in [6, 6.07) is 8.55. The van der Waals surface area contributed by atoms with E-state index in [2.05, 4.69) is 54.4 Å². The molecule has 24 heavy (non-hydrogen) atoms. The number of hydrogen-bond donors (Lipinski definition) is 2. The Kier molecular flexibility index (Phi) is 7.34. The minimum absolute atomic E-state index is 0.147. The van der Waals surface area contributed by atoms with Crippen molar-refractivity contribution in [2.45, 2.75) is 25.9 Å². The molecular weight excluding hydrogens is 322 g/mol. The quantitative estimate of drug-likeness (QED) is 0.630. The van der Waals surface area contributed by atoms with Crippen LogP contribution in [-0.4, -0.2) is 68.6 Å². The van der Waals surface area contributed by atoms with E-state index in [1.807, 2.05) is 18.2 Å². The topological polar surface area (TPSA) is 42.9 Å². The second-order valence-electron chi connectivity index (χ2n) is 6.54. The number of benzene rings is 1. The zero-order valence-electron chi connectivity index (χ0n) is 15.2. The Hall–Kier alpha value is -1.30. The Morgan fingerprint density at radius 3 is 2.88 bits per heavy atom. The second-order valence-corrected chi connectivity index (χ2v) is 6.97. The van der Waals surface area contributed by atoms with E-state index in [0.29, 0.717) is 6.04 Å². The molecule has 0 amide bonds. The summed E-state index contributed by atoms with van der Waals surface area (Å²) in [4.78, 5) is 9.57. The lowest BCUT2D eigenvalue weighted by Gasteiger charge is -2.37. The Morgan fingerprint density at radius 1 is 1.38 bits per heavy atom. The lowest BCUT2D eigenvalue weighted by atomic mass is 10.1. The van der Waals surface area contributed by atoms with E-state index in [9.17, 15) is 0 Å². The fourth-order valence-corrected chi connectivity index (χ4v) is 3.08. The maximum Gasteiger partial charge on any atom is 0.191 e. The van der Waals surface area contributed by atoms with Crippen molar-refractivity contribution in [2.24, 2.45) is 4.99 Å². The lowest BCUT2D eigenvalue weighted by molar-refractivity contribution is 0.119. The number of likely N-dealkylation sites (N-methyl/N-ethyl adjacent to an activating group) is 2. The minimum atomic E-state index is 0.147. The minimum Gasteiger partial charge on any atom is -0.357 e. The third-order valence-electron chi connectivity index (χ3n) is 4.49. The van der Waals surface area contributed by atoms with Gasteiger partial charge in [0.25, 0.3) is 0 Å². The number of rotatable bonds is 5. The highest BCUT2D eigenvalue weighted by atomic mass is 35.5. The Labute approximate surface area is 151 Å². The van der Waals surface area contributed by atoms with Gasteiger partial charge in [0.2, 0.25) is 0 Å². The Bertz CT molecular complexity index is 548. The number of piperazine rings is 1. The molecule has 1 saturated heterocycles. The highest BCUT2D eigenvalue weighted by Crippen LogP contribution is 2.17. The zero-order valence-corrected chi connectivity index (χ0v) is 16.0. The van der Waals surface area contributed by atoms with Gasteiger partial charge in [0.05, 0.1) is 12.6 Å². The second kappa shape index (κ2) is 9.25. The van der Waals surface area contributed by atoms with Gasteiger partial charge in [-0.2, -0.15) is 0 Å². The van der Waals surface area contributed by atoms with E-state index >= 15 is 0 Å². The van der Waals surface area contributed by atoms with E-state index in [0.717, 1.165) is 49.3 Å². The van der Waals surface area contributed by atoms with Crippen LogP contribution in [0.25, 0.3) is 0 Å². The number of nitrogens with zero attached hydrogens (tertiary/aromatic N) is 3. The zero-order chi connectivity index (χ0) is 17.5. The molecule has 2 atom stereocenters. The van der Waals surface area contributed by atoms with Crippen molar-refractivity contribution in [3.63, 3.8) is 0 Å². The molecule has 134 valence electrons.